The number of halogens is 1. The first-order valence-corrected chi connectivity index (χ1v) is 9.41. The largest absolute Gasteiger partial charge is 0.490 e. The highest BCUT2D eigenvalue weighted by molar-refractivity contribution is 7.91. The highest BCUT2D eigenvalue weighted by Crippen LogP contribution is 2.24. The molecule has 1 aromatic rings. The number of sulfone groups is 1. The van der Waals surface area contributed by atoms with Gasteiger partial charge in [-0.1, -0.05) is 11.6 Å². The molecule has 122 valence electrons. The van der Waals surface area contributed by atoms with Crippen LogP contribution in [-0.4, -0.2) is 38.5 Å². The summed E-state index contributed by atoms with van der Waals surface area (Å²) in [6.07, 6.45) is 0.528. The van der Waals surface area contributed by atoms with Crippen LogP contribution in [0.25, 0.3) is 0 Å². The third-order valence-electron chi connectivity index (χ3n) is 3.43. The highest BCUT2D eigenvalue weighted by Gasteiger charge is 2.28. The molecule has 1 heterocycles. The number of amides is 1. The van der Waals surface area contributed by atoms with Gasteiger partial charge >= 0.3 is 0 Å². The van der Waals surface area contributed by atoms with Gasteiger partial charge in [0, 0.05) is 11.6 Å². The molecule has 0 radical (unpaired) electrons. The lowest BCUT2D eigenvalue weighted by atomic mass is 10.1. The molecule has 1 atom stereocenters. The first kappa shape index (κ1) is 17.1. The van der Waals surface area contributed by atoms with Crippen LogP contribution < -0.4 is 10.1 Å². The molecule has 1 N–H and O–H groups in total. The lowest BCUT2D eigenvalue weighted by Gasteiger charge is -2.15. The van der Waals surface area contributed by atoms with Crippen molar-refractivity contribution >= 4 is 27.3 Å². The minimum absolute atomic E-state index is 0.0254. The van der Waals surface area contributed by atoms with Gasteiger partial charge in [-0.2, -0.15) is 0 Å². The van der Waals surface area contributed by atoms with E-state index in [2.05, 4.69) is 5.32 Å². The molecular formula is C15H20ClNO4S. The van der Waals surface area contributed by atoms with Crippen LogP contribution in [0.3, 0.4) is 0 Å². The molecule has 5 nitrogen and oxygen atoms in total. The van der Waals surface area contributed by atoms with Crippen molar-refractivity contribution in [1.29, 1.82) is 0 Å². The SMILES string of the molecule is CC(C)Oc1ccc(Cl)cc1C(=O)NCC1CCS(=O)(=O)C1. The lowest BCUT2D eigenvalue weighted by molar-refractivity contribution is 0.0942. The van der Waals surface area contributed by atoms with E-state index in [4.69, 9.17) is 16.3 Å². The Kier molecular flexibility index (Phi) is 5.34. The first-order chi connectivity index (χ1) is 10.3. The van der Waals surface area contributed by atoms with E-state index in [1.54, 1.807) is 18.2 Å². The van der Waals surface area contributed by atoms with Crippen molar-refractivity contribution < 1.29 is 17.9 Å². The molecule has 2 rings (SSSR count). The van der Waals surface area contributed by atoms with Crippen LogP contribution in [0.5, 0.6) is 5.75 Å². The van der Waals surface area contributed by atoms with E-state index in [1.807, 2.05) is 13.8 Å². The van der Waals surface area contributed by atoms with E-state index in [-0.39, 0.29) is 29.4 Å². The molecule has 1 amide bonds. The van der Waals surface area contributed by atoms with Crippen LogP contribution in [0.15, 0.2) is 18.2 Å². The molecule has 1 aliphatic heterocycles. The van der Waals surface area contributed by atoms with E-state index < -0.39 is 9.84 Å². The maximum absolute atomic E-state index is 12.3. The second-order valence-corrected chi connectivity index (χ2v) is 8.45. The van der Waals surface area contributed by atoms with E-state index in [0.717, 1.165) is 0 Å². The molecule has 1 fully saturated rings. The van der Waals surface area contributed by atoms with Crippen LogP contribution in [0, 0.1) is 5.92 Å². The van der Waals surface area contributed by atoms with Gasteiger partial charge in [-0.25, -0.2) is 8.42 Å². The Labute approximate surface area is 135 Å². The number of ether oxygens (including phenoxy) is 1. The molecule has 0 aliphatic carbocycles. The number of carbonyl (C=O) groups is 1. The summed E-state index contributed by atoms with van der Waals surface area (Å²) in [6.45, 7) is 4.09. The highest BCUT2D eigenvalue weighted by atomic mass is 35.5. The van der Waals surface area contributed by atoms with Crippen LogP contribution in [0.2, 0.25) is 5.02 Å². The Morgan fingerprint density at radius 3 is 2.77 bits per heavy atom. The Bertz CT molecular complexity index is 658. The minimum Gasteiger partial charge on any atom is -0.490 e. The van der Waals surface area contributed by atoms with Gasteiger partial charge in [0.15, 0.2) is 9.84 Å². The van der Waals surface area contributed by atoms with Crippen molar-refractivity contribution in [3.8, 4) is 5.75 Å². The maximum atomic E-state index is 12.3. The van der Waals surface area contributed by atoms with E-state index in [9.17, 15) is 13.2 Å². The average molecular weight is 346 g/mol. The predicted octanol–water partition coefficient (Wildman–Crippen LogP) is 2.29. The summed E-state index contributed by atoms with van der Waals surface area (Å²) in [5.74, 6) is 0.478. The Balaban J connectivity index is 2.04. The molecule has 0 saturated carbocycles. The topological polar surface area (TPSA) is 72.5 Å². The van der Waals surface area contributed by atoms with Gasteiger partial charge in [0.1, 0.15) is 5.75 Å². The van der Waals surface area contributed by atoms with E-state index in [1.165, 1.54) is 0 Å². The van der Waals surface area contributed by atoms with Gasteiger partial charge in [-0.3, -0.25) is 4.79 Å². The summed E-state index contributed by atoms with van der Waals surface area (Å²) in [5.41, 5.74) is 0.363. The fourth-order valence-electron chi connectivity index (χ4n) is 2.40. The predicted molar refractivity (Wildman–Crippen MR) is 86.3 cm³/mol. The van der Waals surface area contributed by atoms with Crippen molar-refractivity contribution in [2.24, 2.45) is 5.92 Å². The summed E-state index contributed by atoms with van der Waals surface area (Å²) in [4.78, 5) is 12.3. The zero-order valence-electron chi connectivity index (χ0n) is 12.6. The van der Waals surface area contributed by atoms with Crippen LogP contribution in [0.1, 0.15) is 30.6 Å². The average Bonchev–Trinajstić information content (AvgIpc) is 2.77. The zero-order chi connectivity index (χ0) is 16.3. The number of hydrogen-bond donors (Lipinski definition) is 1. The smallest absolute Gasteiger partial charge is 0.255 e. The standard InChI is InChI=1S/C15H20ClNO4S/c1-10(2)21-14-4-3-12(16)7-13(14)15(18)17-8-11-5-6-22(19,20)9-11/h3-4,7,10-11H,5-6,8-9H2,1-2H3,(H,17,18). The molecule has 1 unspecified atom stereocenters. The first-order valence-electron chi connectivity index (χ1n) is 7.21. The number of hydrogen-bond acceptors (Lipinski definition) is 4. The van der Waals surface area contributed by atoms with Crippen LogP contribution >= 0.6 is 11.6 Å². The van der Waals surface area contributed by atoms with Crippen LogP contribution in [-0.2, 0) is 9.84 Å². The molecular weight excluding hydrogens is 326 g/mol. The zero-order valence-corrected chi connectivity index (χ0v) is 14.2. The van der Waals surface area contributed by atoms with E-state index >= 15 is 0 Å². The maximum Gasteiger partial charge on any atom is 0.255 e. The summed E-state index contributed by atoms with van der Waals surface area (Å²) < 4.78 is 28.5. The Morgan fingerprint density at radius 2 is 2.18 bits per heavy atom. The molecule has 0 aromatic heterocycles. The van der Waals surface area contributed by atoms with Gasteiger partial charge in [-0.15, -0.1) is 0 Å². The third kappa shape index (κ3) is 4.61. The summed E-state index contributed by atoms with van der Waals surface area (Å²) in [6, 6.07) is 4.89. The van der Waals surface area contributed by atoms with Crippen molar-refractivity contribution in [2.75, 3.05) is 18.1 Å². The normalized spacial score (nSPS) is 20.1. The van der Waals surface area contributed by atoms with Crippen molar-refractivity contribution in [2.45, 2.75) is 26.4 Å². The molecule has 0 spiro atoms. The Hall–Kier alpha value is -1.27. The lowest BCUT2D eigenvalue weighted by Crippen LogP contribution is -2.30. The van der Waals surface area contributed by atoms with Crippen molar-refractivity contribution in [1.82, 2.24) is 5.32 Å². The number of nitrogens with one attached hydrogen (secondary N) is 1. The fraction of sp³-hybridized carbons (Fsp3) is 0.533. The van der Waals surface area contributed by atoms with Crippen LogP contribution in [0.4, 0.5) is 0 Å². The molecule has 1 saturated heterocycles. The molecule has 1 aliphatic rings. The molecule has 1 aromatic carbocycles. The number of rotatable bonds is 5. The van der Waals surface area contributed by atoms with Gasteiger partial charge in [-0.05, 0) is 44.4 Å². The number of benzene rings is 1. The quantitative estimate of drug-likeness (QED) is 0.888. The van der Waals surface area contributed by atoms with Crippen molar-refractivity contribution in [3.05, 3.63) is 28.8 Å². The molecule has 7 heteroatoms. The molecule has 22 heavy (non-hydrogen) atoms. The number of carbonyl (C=O) groups excluding carboxylic acids is 1. The van der Waals surface area contributed by atoms with Crippen molar-refractivity contribution in [3.63, 3.8) is 0 Å². The van der Waals surface area contributed by atoms with E-state index in [0.29, 0.717) is 29.3 Å². The van der Waals surface area contributed by atoms with Gasteiger partial charge < -0.3 is 10.1 Å². The summed E-state index contributed by atoms with van der Waals surface area (Å²) >= 11 is 5.95. The summed E-state index contributed by atoms with van der Waals surface area (Å²) in [5, 5.41) is 3.23. The van der Waals surface area contributed by atoms with Gasteiger partial charge in [0.25, 0.3) is 5.91 Å². The fourth-order valence-corrected chi connectivity index (χ4v) is 4.44. The van der Waals surface area contributed by atoms with Gasteiger partial charge in [0.2, 0.25) is 0 Å². The molecule has 0 bridgehead atoms. The summed E-state index contributed by atoms with van der Waals surface area (Å²) in [7, 11) is -2.94. The third-order valence-corrected chi connectivity index (χ3v) is 5.50. The second kappa shape index (κ2) is 6.87. The van der Waals surface area contributed by atoms with Gasteiger partial charge in [0.05, 0.1) is 23.2 Å². The monoisotopic (exact) mass is 345 g/mol. The second-order valence-electron chi connectivity index (χ2n) is 5.79. The minimum atomic E-state index is -2.94. The Morgan fingerprint density at radius 1 is 1.45 bits per heavy atom.